The fourth-order valence-corrected chi connectivity index (χ4v) is 2.80. The van der Waals surface area contributed by atoms with E-state index in [0.29, 0.717) is 24.3 Å². The minimum atomic E-state index is -0.641. The summed E-state index contributed by atoms with van der Waals surface area (Å²) in [5.41, 5.74) is 2.68. The normalized spacial score (nSPS) is 16.6. The van der Waals surface area contributed by atoms with E-state index in [1.165, 1.54) is 18.2 Å². The molecule has 24 heavy (non-hydrogen) atoms. The molecule has 0 bridgehead atoms. The van der Waals surface area contributed by atoms with Crippen molar-refractivity contribution in [2.45, 2.75) is 12.5 Å². The molecule has 2 amide bonds. The molecule has 1 aliphatic rings. The van der Waals surface area contributed by atoms with E-state index in [-0.39, 0.29) is 11.5 Å². The highest BCUT2D eigenvalue weighted by Crippen LogP contribution is 2.32. The van der Waals surface area contributed by atoms with Gasteiger partial charge < -0.3 is 10.2 Å². The zero-order valence-electron chi connectivity index (χ0n) is 12.7. The van der Waals surface area contributed by atoms with Crippen LogP contribution in [0.2, 0.25) is 0 Å². The summed E-state index contributed by atoms with van der Waals surface area (Å²) in [5.74, 6) is -1.25. The van der Waals surface area contributed by atoms with Crippen LogP contribution in [-0.2, 0) is 4.79 Å². The largest absolute Gasteiger partial charge is 0.354 e. The lowest BCUT2D eigenvalue weighted by atomic mass is 10.1. The third-order valence-corrected chi connectivity index (χ3v) is 3.95. The number of halogens is 1. The molecule has 3 N–H and O–H groups in total. The van der Waals surface area contributed by atoms with Crippen molar-refractivity contribution in [3.8, 4) is 0 Å². The summed E-state index contributed by atoms with van der Waals surface area (Å²) >= 11 is 0. The maximum absolute atomic E-state index is 14.3. The number of para-hydroxylation sites is 1. The highest BCUT2D eigenvalue weighted by Gasteiger charge is 2.32. The maximum atomic E-state index is 14.3. The lowest BCUT2D eigenvalue weighted by Crippen LogP contribution is -2.38. The first kappa shape index (κ1) is 15.9. The average Bonchev–Trinajstić information content (AvgIpc) is 3.02. The van der Waals surface area contributed by atoms with Crippen molar-refractivity contribution < 1.29 is 19.2 Å². The third kappa shape index (κ3) is 2.93. The van der Waals surface area contributed by atoms with Crippen molar-refractivity contribution in [3.63, 3.8) is 0 Å². The van der Waals surface area contributed by atoms with Crippen molar-refractivity contribution in [1.82, 2.24) is 10.8 Å². The van der Waals surface area contributed by atoms with Gasteiger partial charge in [0.25, 0.3) is 5.91 Å². The summed E-state index contributed by atoms with van der Waals surface area (Å²) in [5, 5.41) is 11.4. The van der Waals surface area contributed by atoms with Gasteiger partial charge in [-0.05, 0) is 42.8 Å². The molecule has 6 nitrogen and oxygen atoms in total. The smallest absolute Gasteiger partial charge is 0.274 e. The molecule has 3 rings (SSSR count). The molecule has 2 aromatic rings. The summed E-state index contributed by atoms with van der Waals surface area (Å²) < 4.78 is 14.3. The van der Waals surface area contributed by atoms with E-state index in [4.69, 9.17) is 5.21 Å². The van der Waals surface area contributed by atoms with Gasteiger partial charge in [0.15, 0.2) is 0 Å². The molecular weight excluding hydrogens is 313 g/mol. The predicted octanol–water partition coefficient (Wildman–Crippen LogP) is 1.97. The van der Waals surface area contributed by atoms with Gasteiger partial charge in [-0.1, -0.05) is 12.1 Å². The van der Waals surface area contributed by atoms with Crippen LogP contribution in [0.3, 0.4) is 0 Å². The van der Waals surface area contributed by atoms with Gasteiger partial charge in [-0.2, -0.15) is 0 Å². The van der Waals surface area contributed by atoms with Crippen LogP contribution in [0.25, 0.3) is 0 Å². The molecule has 124 valence electrons. The fraction of sp³-hybridized carbons (Fsp3) is 0.176. The number of nitrogens with zero attached hydrogens (tertiary/aromatic N) is 1. The summed E-state index contributed by atoms with van der Waals surface area (Å²) in [6.45, 7) is 0.527. The Morgan fingerprint density at radius 3 is 2.50 bits per heavy atom. The second-order valence-corrected chi connectivity index (χ2v) is 5.40. The van der Waals surface area contributed by atoms with E-state index in [1.54, 1.807) is 40.7 Å². The molecule has 2 aromatic carbocycles. The molecule has 1 atom stereocenters. The molecule has 0 saturated carbocycles. The minimum Gasteiger partial charge on any atom is -0.354 e. The first-order valence-corrected chi connectivity index (χ1v) is 7.48. The van der Waals surface area contributed by atoms with Crippen LogP contribution in [-0.4, -0.2) is 29.6 Å². The zero-order valence-corrected chi connectivity index (χ0v) is 12.7. The molecule has 0 aromatic heterocycles. The molecule has 1 aliphatic heterocycles. The second kappa shape index (κ2) is 6.67. The van der Waals surface area contributed by atoms with Gasteiger partial charge in [-0.3, -0.25) is 14.8 Å². The van der Waals surface area contributed by atoms with Gasteiger partial charge >= 0.3 is 0 Å². The Bertz CT molecular complexity index is 764. The van der Waals surface area contributed by atoms with E-state index in [1.807, 2.05) is 0 Å². The Morgan fingerprint density at radius 1 is 1.21 bits per heavy atom. The topological polar surface area (TPSA) is 81.7 Å². The Labute approximate surface area is 137 Å². The Morgan fingerprint density at radius 2 is 1.92 bits per heavy atom. The highest BCUT2D eigenvalue weighted by molar-refractivity contribution is 5.94. The molecule has 0 aliphatic carbocycles. The number of hydrogen-bond donors (Lipinski definition) is 3. The number of carbonyl (C=O) groups excluding carboxylic acids is 2. The predicted molar refractivity (Wildman–Crippen MR) is 85.6 cm³/mol. The number of carbonyl (C=O) groups is 2. The van der Waals surface area contributed by atoms with Gasteiger partial charge in [0, 0.05) is 17.8 Å². The maximum Gasteiger partial charge on any atom is 0.274 e. The lowest BCUT2D eigenvalue weighted by molar-refractivity contribution is -0.120. The van der Waals surface area contributed by atoms with Crippen LogP contribution in [0, 0.1) is 5.82 Å². The number of anilines is 2. The zero-order chi connectivity index (χ0) is 17.1. The number of benzene rings is 2. The van der Waals surface area contributed by atoms with Crippen LogP contribution < -0.4 is 15.7 Å². The van der Waals surface area contributed by atoms with Crippen molar-refractivity contribution in [3.05, 3.63) is 59.9 Å². The molecule has 1 fully saturated rings. The van der Waals surface area contributed by atoms with E-state index < -0.39 is 17.8 Å². The minimum absolute atomic E-state index is 0.171. The number of amides is 2. The van der Waals surface area contributed by atoms with Crippen LogP contribution in [0.1, 0.15) is 16.8 Å². The number of nitrogens with one attached hydrogen (secondary N) is 2. The fourth-order valence-electron chi connectivity index (χ4n) is 2.80. The molecule has 7 heteroatoms. The van der Waals surface area contributed by atoms with Gasteiger partial charge in [0.1, 0.15) is 11.9 Å². The second-order valence-electron chi connectivity index (χ2n) is 5.40. The summed E-state index contributed by atoms with van der Waals surface area (Å²) in [6.07, 6.45) is 0.548. The molecule has 1 heterocycles. The monoisotopic (exact) mass is 329 g/mol. The van der Waals surface area contributed by atoms with Crippen molar-refractivity contribution in [2.75, 3.05) is 11.4 Å². The van der Waals surface area contributed by atoms with Crippen molar-refractivity contribution >= 4 is 23.2 Å². The van der Waals surface area contributed by atoms with Crippen molar-refractivity contribution in [2.24, 2.45) is 0 Å². The first-order valence-electron chi connectivity index (χ1n) is 7.48. The van der Waals surface area contributed by atoms with Crippen LogP contribution in [0.15, 0.2) is 48.5 Å². The SMILES string of the molecule is O=C(NO)c1ccc(N(c2ccccc2F)C2CCNC2=O)cc1. The van der Waals surface area contributed by atoms with E-state index in [0.717, 1.165) is 0 Å². The summed E-state index contributed by atoms with van der Waals surface area (Å²) in [4.78, 5) is 25.2. The standard InChI is InChI=1S/C17H16FN3O3/c18-13-3-1-2-4-14(13)21(15-9-10-19-17(15)23)12-7-5-11(6-8-12)16(22)20-24/h1-8,15,24H,9-10H2,(H,19,23)(H,20,22). The summed E-state index contributed by atoms with van der Waals surface area (Å²) in [7, 11) is 0. The van der Waals surface area contributed by atoms with Gasteiger partial charge in [-0.15, -0.1) is 0 Å². The number of hydrogen-bond acceptors (Lipinski definition) is 4. The summed E-state index contributed by atoms with van der Waals surface area (Å²) in [6, 6.07) is 11.9. The van der Waals surface area contributed by atoms with Gasteiger partial charge in [-0.25, -0.2) is 9.87 Å². The van der Waals surface area contributed by atoms with Crippen molar-refractivity contribution in [1.29, 1.82) is 0 Å². The molecule has 1 unspecified atom stereocenters. The van der Waals surface area contributed by atoms with E-state index >= 15 is 0 Å². The van der Waals surface area contributed by atoms with Crippen LogP contribution in [0.4, 0.5) is 15.8 Å². The average molecular weight is 329 g/mol. The first-order chi connectivity index (χ1) is 11.6. The molecule has 0 radical (unpaired) electrons. The Kier molecular flexibility index (Phi) is 4.43. The van der Waals surface area contributed by atoms with E-state index in [9.17, 15) is 14.0 Å². The molecule has 0 spiro atoms. The Balaban J connectivity index is 2.03. The van der Waals surface area contributed by atoms with Gasteiger partial charge in [0.05, 0.1) is 5.69 Å². The third-order valence-electron chi connectivity index (χ3n) is 3.95. The molecule has 1 saturated heterocycles. The lowest BCUT2D eigenvalue weighted by Gasteiger charge is -2.30. The van der Waals surface area contributed by atoms with Crippen LogP contribution in [0.5, 0.6) is 0 Å². The number of rotatable bonds is 4. The van der Waals surface area contributed by atoms with Crippen LogP contribution >= 0.6 is 0 Å². The van der Waals surface area contributed by atoms with Gasteiger partial charge in [0.2, 0.25) is 5.91 Å². The quantitative estimate of drug-likeness (QED) is 0.592. The number of hydroxylamine groups is 1. The highest BCUT2D eigenvalue weighted by atomic mass is 19.1. The Hall–Kier alpha value is -2.93. The molecular formula is C17H16FN3O3. The van der Waals surface area contributed by atoms with E-state index in [2.05, 4.69) is 5.32 Å².